The van der Waals surface area contributed by atoms with Crippen LogP contribution in [0.2, 0.25) is 0 Å². The maximum Gasteiger partial charge on any atom is 0.307 e. The number of ether oxygens (including phenoxy) is 2. The monoisotopic (exact) mass is 502 g/mol. The Morgan fingerprint density at radius 1 is 0.919 bits per heavy atom. The number of benzene rings is 2. The molecule has 4 aliphatic carbocycles. The molecular formula is C32H42N2O3. The van der Waals surface area contributed by atoms with Gasteiger partial charge >= 0.3 is 5.97 Å². The van der Waals surface area contributed by atoms with Gasteiger partial charge in [0, 0.05) is 44.0 Å². The van der Waals surface area contributed by atoms with E-state index in [1.165, 1.54) is 55.3 Å². The fourth-order valence-electron chi connectivity index (χ4n) is 8.14. The lowest BCUT2D eigenvalue weighted by Gasteiger charge is -2.57. The van der Waals surface area contributed by atoms with Crippen LogP contribution in [0.1, 0.15) is 63.0 Å². The van der Waals surface area contributed by atoms with Gasteiger partial charge in [-0.05, 0) is 92.4 Å². The van der Waals surface area contributed by atoms with Crippen molar-refractivity contribution in [1.82, 2.24) is 4.90 Å². The summed E-state index contributed by atoms with van der Waals surface area (Å²) in [4.78, 5) is 16.7. The molecule has 0 radical (unpaired) electrons. The summed E-state index contributed by atoms with van der Waals surface area (Å²) in [5.41, 5.74) is 4.33. The first-order valence-corrected chi connectivity index (χ1v) is 14.5. The van der Waals surface area contributed by atoms with Crippen molar-refractivity contribution in [3.63, 3.8) is 0 Å². The van der Waals surface area contributed by atoms with Gasteiger partial charge < -0.3 is 14.4 Å². The Morgan fingerprint density at radius 2 is 1.59 bits per heavy atom. The number of hydrogen-bond acceptors (Lipinski definition) is 5. The summed E-state index contributed by atoms with van der Waals surface area (Å²) < 4.78 is 11.7. The lowest BCUT2D eigenvalue weighted by atomic mass is 9.48. The number of nitrogens with zero attached hydrogens (tertiary/aromatic N) is 2. The minimum atomic E-state index is -0.0868. The van der Waals surface area contributed by atoms with Crippen molar-refractivity contribution in [3.05, 3.63) is 59.7 Å². The van der Waals surface area contributed by atoms with Crippen LogP contribution in [0.3, 0.4) is 0 Å². The number of carbonyl (C=O) groups is 1. The zero-order chi connectivity index (χ0) is 25.2. The highest BCUT2D eigenvalue weighted by Gasteiger charge is 2.52. The molecule has 5 heteroatoms. The van der Waals surface area contributed by atoms with E-state index in [2.05, 4.69) is 58.3 Å². The second kappa shape index (κ2) is 10.7. The molecule has 198 valence electrons. The molecule has 4 bridgehead atoms. The fraction of sp³-hybridized carbons (Fsp3) is 0.594. The van der Waals surface area contributed by atoms with Crippen LogP contribution >= 0.6 is 0 Å². The standard InChI is InChI=1S/C32H42N2O3/c1-2-36-31(35)10-11-33-12-14-34(15-13-33)28-8-9-30(37-23-24-6-4-3-5-7-24)29(19-28)32-20-25-16-26(21-32)18-27(17-25)22-32/h3-9,19,25-27H,2,10-18,20-23H2,1H3. The molecule has 0 N–H and O–H groups in total. The van der Waals surface area contributed by atoms with Gasteiger partial charge in [0.1, 0.15) is 12.4 Å². The van der Waals surface area contributed by atoms with E-state index in [-0.39, 0.29) is 11.4 Å². The average Bonchev–Trinajstić information content (AvgIpc) is 2.91. The largest absolute Gasteiger partial charge is 0.489 e. The van der Waals surface area contributed by atoms with Crippen molar-refractivity contribution in [2.45, 2.75) is 63.9 Å². The van der Waals surface area contributed by atoms with Gasteiger partial charge in [-0.15, -0.1) is 0 Å². The van der Waals surface area contributed by atoms with Crippen LogP contribution in [-0.2, 0) is 21.6 Å². The number of rotatable bonds is 9. The van der Waals surface area contributed by atoms with Crippen molar-refractivity contribution in [2.75, 3.05) is 44.2 Å². The topological polar surface area (TPSA) is 42.0 Å². The fourth-order valence-corrected chi connectivity index (χ4v) is 8.14. The number of carbonyl (C=O) groups excluding carboxylic acids is 1. The van der Waals surface area contributed by atoms with Gasteiger partial charge in [-0.3, -0.25) is 9.69 Å². The summed E-state index contributed by atoms with van der Waals surface area (Å²) in [5.74, 6) is 3.72. The van der Waals surface area contributed by atoms with E-state index in [0.717, 1.165) is 56.2 Å². The molecule has 0 atom stereocenters. The zero-order valence-electron chi connectivity index (χ0n) is 22.4. The third kappa shape index (κ3) is 5.38. The molecule has 37 heavy (non-hydrogen) atoms. The van der Waals surface area contributed by atoms with Crippen LogP contribution in [0, 0.1) is 17.8 Å². The first kappa shape index (κ1) is 24.8. The van der Waals surface area contributed by atoms with Gasteiger partial charge in [0.25, 0.3) is 0 Å². The Labute approximate surface area is 222 Å². The van der Waals surface area contributed by atoms with E-state index in [1.807, 2.05) is 6.92 Å². The van der Waals surface area contributed by atoms with E-state index >= 15 is 0 Å². The average molecular weight is 503 g/mol. The van der Waals surface area contributed by atoms with E-state index in [4.69, 9.17) is 9.47 Å². The maximum absolute atomic E-state index is 11.8. The van der Waals surface area contributed by atoms with Gasteiger partial charge in [0.2, 0.25) is 0 Å². The Morgan fingerprint density at radius 3 is 2.24 bits per heavy atom. The number of esters is 1. The van der Waals surface area contributed by atoms with E-state index in [1.54, 1.807) is 0 Å². The lowest BCUT2D eigenvalue weighted by Crippen LogP contribution is -2.49. The van der Waals surface area contributed by atoms with Gasteiger partial charge in [-0.25, -0.2) is 0 Å². The molecule has 0 aromatic heterocycles. The zero-order valence-corrected chi connectivity index (χ0v) is 22.4. The highest BCUT2D eigenvalue weighted by molar-refractivity contribution is 5.69. The Kier molecular flexibility index (Phi) is 7.16. The van der Waals surface area contributed by atoms with E-state index in [9.17, 15) is 4.79 Å². The van der Waals surface area contributed by atoms with Gasteiger partial charge in [0.05, 0.1) is 13.0 Å². The minimum Gasteiger partial charge on any atom is -0.489 e. The lowest BCUT2D eigenvalue weighted by molar-refractivity contribution is -0.143. The summed E-state index contributed by atoms with van der Waals surface area (Å²) in [7, 11) is 0. The van der Waals surface area contributed by atoms with Crippen molar-refractivity contribution in [1.29, 1.82) is 0 Å². The molecule has 2 aromatic carbocycles. The second-order valence-corrected chi connectivity index (χ2v) is 12.0. The smallest absolute Gasteiger partial charge is 0.307 e. The SMILES string of the molecule is CCOC(=O)CCN1CCN(c2ccc(OCc3ccccc3)c(C34CC5CC(CC(C5)C3)C4)c2)CC1. The summed E-state index contributed by atoms with van der Waals surface area (Å²) in [6.07, 6.45) is 8.85. The molecular weight excluding hydrogens is 460 g/mol. The van der Waals surface area contributed by atoms with Crippen molar-refractivity contribution in [3.8, 4) is 5.75 Å². The molecule has 1 aliphatic heterocycles. The predicted molar refractivity (Wildman–Crippen MR) is 147 cm³/mol. The van der Waals surface area contributed by atoms with Gasteiger partial charge in [-0.2, -0.15) is 0 Å². The number of hydrogen-bond donors (Lipinski definition) is 0. The highest BCUT2D eigenvalue weighted by Crippen LogP contribution is 2.62. The quantitative estimate of drug-likeness (QED) is 0.405. The number of piperazine rings is 1. The van der Waals surface area contributed by atoms with Crippen LogP contribution in [-0.4, -0.2) is 50.2 Å². The highest BCUT2D eigenvalue weighted by atomic mass is 16.5. The minimum absolute atomic E-state index is 0.0868. The van der Waals surface area contributed by atoms with Crippen LogP contribution < -0.4 is 9.64 Å². The third-order valence-electron chi connectivity index (χ3n) is 9.48. The first-order chi connectivity index (χ1) is 18.1. The molecule has 5 nitrogen and oxygen atoms in total. The van der Waals surface area contributed by atoms with Crippen LogP contribution in [0.15, 0.2) is 48.5 Å². The Bertz CT molecular complexity index is 1040. The molecule has 2 aromatic rings. The molecule has 5 aliphatic rings. The maximum atomic E-state index is 11.8. The summed E-state index contributed by atoms with van der Waals surface area (Å²) in [5, 5.41) is 0. The predicted octanol–water partition coefficient (Wildman–Crippen LogP) is 5.81. The van der Waals surface area contributed by atoms with Crippen LogP contribution in [0.25, 0.3) is 0 Å². The summed E-state index contributed by atoms with van der Waals surface area (Å²) in [6, 6.07) is 17.6. The molecule has 0 unspecified atom stereocenters. The van der Waals surface area contributed by atoms with Crippen molar-refractivity contribution >= 4 is 11.7 Å². The number of anilines is 1. The van der Waals surface area contributed by atoms with Gasteiger partial charge in [-0.1, -0.05) is 30.3 Å². The van der Waals surface area contributed by atoms with E-state index in [0.29, 0.717) is 19.6 Å². The van der Waals surface area contributed by atoms with Crippen LogP contribution in [0.4, 0.5) is 5.69 Å². The first-order valence-electron chi connectivity index (χ1n) is 14.5. The summed E-state index contributed by atoms with van der Waals surface area (Å²) in [6.45, 7) is 7.70. The molecule has 1 saturated heterocycles. The van der Waals surface area contributed by atoms with Crippen LogP contribution in [0.5, 0.6) is 5.75 Å². The Hall–Kier alpha value is -2.53. The Balaban J connectivity index is 1.20. The normalized spacial score (nSPS) is 28.9. The van der Waals surface area contributed by atoms with E-state index < -0.39 is 0 Å². The molecule has 1 heterocycles. The molecule has 0 amide bonds. The molecule has 0 spiro atoms. The summed E-state index contributed by atoms with van der Waals surface area (Å²) >= 11 is 0. The molecule has 5 fully saturated rings. The third-order valence-corrected chi connectivity index (χ3v) is 9.48. The van der Waals surface area contributed by atoms with Crippen molar-refractivity contribution < 1.29 is 14.3 Å². The molecule has 7 rings (SSSR count). The molecule has 4 saturated carbocycles. The second-order valence-electron chi connectivity index (χ2n) is 12.0. The van der Waals surface area contributed by atoms with Gasteiger partial charge in [0.15, 0.2) is 0 Å². The van der Waals surface area contributed by atoms with Crippen molar-refractivity contribution in [2.24, 2.45) is 17.8 Å².